The zero-order valence-electron chi connectivity index (χ0n) is 16.6. The lowest BCUT2D eigenvalue weighted by atomic mass is 10.1. The molecule has 2 rings (SSSR count). The minimum absolute atomic E-state index is 0.0730. The Kier molecular flexibility index (Phi) is 8.11. The van der Waals surface area contributed by atoms with E-state index in [0.717, 1.165) is 28.9 Å². The van der Waals surface area contributed by atoms with Crippen LogP contribution in [-0.4, -0.2) is 44.4 Å². The van der Waals surface area contributed by atoms with E-state index in [0.29, 0.717) is 19.0 Å². The predicted octanol–water partition coefficient (Wildman–Crippen LogP) is 3.25. The summed E-state index contributed by atoms with van der Waals surface area (Å²) in [6, 6.07) is 9.18. The summed E-state index contributed by atoms with van der Waals surface area (Å²) in [6.45, 7) is 1.65. The molecule has 0 aliphatic rings. The van der Waals surface area contributed by atoms with Crippen molar-refractivity contribution in [1.29, 1.82) is 0 Å². The molecule has 1 heterocycles. The largest absolute Gasteiger partial charge is 0.496 e. The summed E-state index contributed by atoms with van der Waals surface area (Å²) in [5.74, 6) is 1.34. The highest BCUT2D eigenvalue weighted by Gasteiger charge is 2.28. The number of alkyl halides is 3. The van der Waals surface area contributed by atoms with Crippen molar-refractivity contribution >= 4 is 5.96 Å². The molecule has 6 nitrogen and oxygen atoms in total. The predicted molar refractivity (Wildman–Crippen MR) is 105 cm³/mol. The second-order valence-electron chi connectivity index (χ2n) is 6.32. The number of hydrogen-bond acceptors (Lipinski definition) is 4. The summed E-state index contributed by atoms with van der Waals surface area (Å²) in [5, 5.41) is 6.32. The zero-order chi connectivity index (χ0) is 21.3. The van der Waals surface area contributed by atoms with Crippen molar-refractivity contribution in [2.75, 3.05) is 27.3 Å². The molecule has 2 aromatic rings. The third-order valence-corrected chi connectivity index (χ3v) is 3.99. The monoisotopic (exact) mass is 410 g/mol. The third-order valence-electron chi connectivity index (χ3n) is 3.99. The molecule has 1 aromatic heterocycles. The average molecular weight is 410 g/mol. The first-order chi connectivity index (χ1) is 13.8. The quantitative estimate of drug-likeness (QED) is 0.517. The Morgan fingerprint density at radius 1 is 1.17 bits per heavy atom. The lowest BCUT2D eigenvalue weighted by molar-refractivity contribution is -0.154. The summed E-state index contributed by atoms with van der Waals surface area (Å²) in [6.07, 6.45) is -2.25. The van der Waals surface area contributed by atoms with Gasteiger partial charge in [-0.25, -0.2) is 4.98 Å². The maximum atomic E-state index is 12.3. The third kappa shape index (κ3) is 7.89. The molecular formula is C20H25F3N4O2. The molecule has 0 fully saturated rings. The molecule has 0 saturated carbocycles. The van der Waals surface area contributed by atoms with Gasteiger partial charge in [-0.05, 0) is 36.6 Å². The van der Waals surface area contributed by atoms with E-state index >= 15 is 0 Å². The van der Waals surface area contributed by atoms with Crippen LogP contribution in [0.5, 0.6) is 11.6 Å². The number of rotatable bonds is 8. The normalized spacial score (nSPS) is 11.9. The van der Waals surface area contributed by atoms with Crippen molar-refractivity contribution in [3.8, 4) is 11.6 Å². The van der Waals surface area contributed by atoms with E-state index in [-0.39, 0.29) is 5.88 Å². The number of guanidine groups is 1. The minimum Gasteiger partial charge on any atom is -0.496 e. The molecule has 1 aromatic carbocycles. The molecule has 0 radical (unpaired) electrons. The first-order valence-corrected chi connectivity index (χ1v) is 9.03. The number of methoxy groups -OCH3 is 1. The van der Waals surface area contributed by atoms with Gasteiger partial charge in [-0.15, -0.1) is 0 Å². The molecular weight excluding hydrogens is 385 g/mol. The number of ether oxygens (including phenoxy) is 2. The fourth-order valence-corrected chi connectivity index (χ4v) is 2.62. The molecule has 0 aliphatic carbocycles. The molecule has 0 amide bonds. The molecule has 158 valence electrons. The number of pyridine rings is 1. The Bertz CT molecular complexity index is 826. The average Bonchev–Trinajstić information content (AvgIpc) is 2.69. The van der Waals surface area contributed by atoms with Gasteiger partial charge in [0.25, 0.3) is 0 Å². The highest BCUT2D eigenvalue weighted by atomic mass is 19.4. The summed E-state index contributed by atoms with van der Waals surface area (Å²) in [5.41, 5.74) is 2.97. The van der Waals surface area contributed by atoms with Gasteiger partial charge in [-0.1, -0.05) is 17.7 Å². The van der Waals surface area contributed by atoms with E-state index in [9.17, 15) is 13.2 Å². The van der Waals surface area contributed by atoms with E-state index in [1.165, 1.54) is 12.3 Å². The fraction of sp³-hybridized carbons (Fsp3) is 0.400. The fourth-order valence-electron chi connectivity index (χ4n) is 2.62. The standard InChI is InChI=1S/C20H25F3N4O2/c1-14-4-5-17(28-3)16(10-14)7-9-26-19(24-2)27-12-15-6-8-25-18(11-15)29-13-20(21,22)23/h4-6,8,10-11H,7,9,12-13H2,1-3H3,(H2,24,26,27). The molecule has 0 aliphatic heterocycles. The van der Waals surface area contributed by atoms with Crippen LogP contribution in [0.3, 0.4) is 0 Å². The van der Waals surface area contributed by atoms with Crippen molar-refractivity contribution in [2.24, 2.45) is 4.99 Å². The van der Waals surface area contributed by atoms with Gasteiger partial charge in [0.05, 0.1) is 7.11 Å². The van der Waals surface area contributed by atoms with Crippen LogP contribution in [-0.2, 0) is 13.0 Å². The first kappa shape index (κ1) is 22.3. The van der Waals surface area contributed by atoms with Crippen LogP contribution in [0.2, 0.25) is 0 Å². The van der Waals surface area contributed by atoms with Crippen LogP contribution < -0.4 is 20.1 Å². The molecule has 2 N–H and O–H groups in total. The number of nitrogens with zero attached hydrogens (tertiary/aromatic N) is 2. The Hall–Kier alpha value is -2.97. The maximum Gasteiger partial charge on any atom is 0.422 e. The molecule has 0 bridgehead atoms. The summed E-state index contributed by atoms with van der Waals surface area (Å²) < 4.78 is 46.8. The Labute approximate surface area is 168 Å². The number of hydrogen-bond donors (Lipinski definition) is 2. The number of aromatic nitrogens is 1. The molecule has 0 spiro atoms. The smallest absolute Gasteiger partial charge is 0.422 e. The molecule has 0 atom stereocenters. The van der Waals surface area contributed by atoms with Crippen molar-refractivity contribution in [3.05, 3.63) is 53.2 Å². The van der Waals surface area contributed by atoms with Gasteiger partial charge in [-0.2, -0.15) is 13.2 Å². The van der Waals surface area contributed by atoms with Gasteiger partial charge in [0.2, 0.25) is 5.88 Å². The van der Waals surface area contributed by atoms with Gasteiger partial charge >= 0.3 is 6.18 Å². The van der Waals surface area contributed by atoms with Gasteiger partial charge < -0.3 is 20.1 Å². The lowest BCUT2D eigenvalue weighted by Crippen LogP contribution is -2.37. The van der Waals surface area contributed by atoms with E-state index in [1.54, 1.807) is 20.2 Å². The van der Waals surface area contributed by atoms with Crippen molar-refractivity contribution < 1.29 is 22.6 Å². The van der Waals surface area contributed by atoms with E-state index in [2.05, 4.69) is 31.4 Å². The number of nitrogens with one attached hydrogen (secondary N) is 2. The van der Waals surface area contributed by atoms with Gasteiger partial charge in [0, 0.05) is 32.4 Å². The maximum absolute atomic E-state index is 12.3. The Morgan fingerprint density at radius 3 is 2.66 bits per heavy atom. The number of halogens is 3. The second-order valence-corrected chi connectivity index (χ2v) is 6.32. The highest BCUT2D eigenvalue weighted by molar-refractivity contribution is 5.79. The van der Waals surface area contributed by atoms with Gasteiger partial charge in [0.1, 0.15) is 5.75 Å². The first-order valence-electron chi connectivity index (χ1n) is 9.03. The van der Waals surface area contributed by atoms with Crippen LogP contribution in [0.15, 0.2) is 41.5 Å². The van der Waals surface area contributed by atoms with Crippen LogP contribution in [0.1, 0.15) is 16.7 Å². The lowest BCUT2D eigenvalue weighted by Gasteiger charge is -2.14. The van der Waals surface area contributed by atoms with Crippen molar-refractivity contribution in [1.82, 2.24) is 15.6 Å². The van der Waals surface area contributed by atoms with Crippen LogP contribution in [0.4, 0.5) is 13.2 Å². The topological polar surface area (TPSA) is 67.8 Å². The number of benzene rings is 1. The number of aryl methyl sites for hydroxylation is 1. The molecule has 0 saturated heterocycles. The summed E-state index contributed by atoms with van der Waals surface area (Å²) in [4.78, 5) is 7.94. The number of aliphatic imine (C=N–C) groups is 1. The van der Waals surface area contributed by atoms with Gasteiger partial charge in [0.15, 0.2) is 12.6 Å². The van der Waals surface area contributed by atoms with Crippen LogP contribution in [0, 0.1) is 6.92 Å². The Morgan fingerprint density at radius 2 is 1.97 bits per heavy atom. The van der Waals surface area contributed by atoms with Crippen molar-refractivity contribution in [3.63, 3.8) is 0 Å². The zero-order valence-corrected chi connectivity index (χ0v) is 16.6. The summed E-state index contributed by atoms with van der Waals surface area (Å²) >= 11 is 0. The second kappa shape index (κ2) is 10.5. The molecule has 29 heavy (non-hydrogen) atoms. The van der Waals surface area contributed by atoms with E-state index in [4.69, 9.17) is 4.74 Å². The van der Waals surface area contributed by atoms with Crippen molar-refractivity contribution in [2.45, 2.75) is 26.1 Å². The SMILES string of the molecule is CN=C(NCCc1cc(C)ccc1OC)NCc1ccnc(OCC(F)(F)F)c1. The van der Waals surface area contributed by atoms with E-state index < -0.39 is 12.8 Å². The van der Waals surface area contributed by atoms with Gasteiger partial charge in [-0.3, -0.25) is 4.99 Å². The van der Waals surface area contributed by atoms with E-state index in [1.807, 2.05) is 19.1 Å². The molecule has 0 unspecified atom stereocenters. The van der Waals surface area contributed by atoms with Crippen LogP contribution in [0.25, 0.3) is 0 Å². The molecule has 9 heteroatoms. The minimum atomic E-state index is -4.40. The summed E-state index contributed by atoms with van der Waals surface area (Å²) in [7, 11) is 3.29. The highest BCUT2D eigenvalue weighted by Crippen LogP contribution is 2.20. The Balaban J connectivity index is 1.84. The van der Waals surface area contributed by atoms with Crippen LogP contribution >= 0.6 is 0 Å².